The van der Waals surface area contributed by atoms with Crippen LogP contribution in [0.15, 0.2) is 77.7 Å². The third-order valence-corrected chi connectivity index (χ3v) is 9.01. The van der Waals surface area contributed by atoms with Crippen LogP contribution in [-0.4, -0.2) is 41.1 Å². The lowest BCUT2D eigenvalue weighted by atomic mass is 9.95. The maximum atomic E-state index is 13.7. The summed E-state index contributed by atoms with van der Waals surface area (Å²) in [6.45, 7) is 2.37. The average molecular weight is 477 g/mol. The molecule has 4 aromatic rings. The van der Waals surface area contributed by atoms with Gasteiger partial charge in [-0.2, -0.15) is 4.31 Å². The molecule has 1 heterocycles. The maximum Gasteiger partial charge on any atom is 0.243 e. The first-order chi connectivity index (χ1) is 16.4. The molecule has 34 heavy (non-hydrogen) atoms. The summed E-state index contributed by atoms with van der Waals surface area (Å²) < 4.78 is 31.1. The zero-order valence-corrected chi connectivity index (χ0v) is 20.4. The van der Waals surface area contributed by atoms with Gasteiger partial charge in [-0.15, -0.1) is 0 Å². The largest absolute Gasteiger partial charge is 0.390 e. The Labute approximate surface area is 201 Å². The van der Waals surface area contributed by atoms with Crippen molar-refractivity contribution in [1.29, 1.82) is 0 Å². The first-order valence-electron chi connectivity index (χ1n) is 12.2. The maximum absolute atomic E-state index is 13.7. The minimum atomic E-state index is -3.71. The average Bonchev–Trinajstić information content (AvgIpc) is 3.17. The number of aryl methyl sites for hydroxylation is 1. The summed E-state index contributed by atoms with van der Waals surface area (Å²) >= 11 is 0. The van der Waals surface area contributed by atoms with Gasteiger partial charge in [-0.25, -0.2) is 8.42 Å². The van der Waals surface area contributed by atoms with Crippen LogP contribution >= 0.6 is 0 Å². The zero-order chi connectivity index (χ0) is 23.7. The first kappa shape index (κ1) is 23.1. The van der Waals surface area contributed by atoms with E-state index < -0.39 is 16.1 Å². The number of hydrogen-bond donors (Lipinski definition) is 1. The number of aliphatic hydroxyl groups excluding tert-OH is 1. The number of aromatic nitrogens is 1. The molecule has 5 nitrogen and oxygen atoms in total. The van der Waals surface area contributed by atoms with E-state index in [1.807, 2.05) is 43.3 Å². The molecule has 178 valence electrons. The molecule has 0 amide bonds. The van der Waals surface area contributed by atoms with Crippen molar-refractivity contribution in [3.63, 3.8) is 0 Å². The van der Waals surface area contributed by atoms with Crippen molar-refractivity contribution in [3.05, 3.63) is 78.4 Å². The van der Waals surface area contributed by atoms with Crippen LogP contribution in [0.4, 0.5) is 0 Å². The number of sulfonamides is 1. The van der Waals surface area contributed by atoms with E-state index in [9.17, 15) is 13.5 Å². The van der Waals surface area contributed by atoms with Crippen LogP contribution in [0.25, 0.3) is 21.8 Å². The molecule has 1 atom stereocenters. The standard InChI is InChI=1S/C28H32N2O3S/c1-21-15-17-24(18-16-21)34(32,33)30(22-9-3-2-4-10-22)20-23(31)19-29-27-13-7-5-11-25(27)26-12-6-8-14-28(26)29/h5-8,11-18,22-23,31H,2-4,9-10,19-20H2,1H3/t23-/m0/s1. The van der Waals surface area contributed by atoms with Gasteiger partial charge in [0.1, 0.15) is 0 Å². The van der Waals surface area contributed by atoms with Crippen molar-refractivity contribution < 1.29 is 13.5 Å². The van der Waals surface area contributed by atoms with Gasteiger partial charge < -0.3 is 9.67 Å². The SMILES string of the molecule is Cc1ccc(S(=O)(=O)N(C[C@@H](O)Cn2c3ccccc3c3ccccc32)C2CCCCC2)cc1. The molecule has 1 saturated carbocycles. The van der Waals surface area contributed by atoms with Gasteiger partial charge in [-0.3, -0.25) is 0 Å². The Kier molecular flexibility index (Phi) is 6.47. The molecule has 0 bridgehead atoms. The lowest BCUT2D eigenvalue weighted by Gasteiger charge is -2.34. The minimum absolute atomic E-state index is 0.0761. The van der Waals surface area contributed by atoms with E-state index in [1.165, 1.54) is 0 Å². The summed E-state index contributed by atoms with van der Waals surface area (Å²) in [7, 11) is -3.71. The smallest absolute Gasteiger partial charge is 0.243 e. The number of aliphatic hydroxyl groups is 1. The van der Waals surface area contributed by atoms with E-state index >= 15 is 0 Å². The van der Waals surface area contributed by atoms with E-state index in [1.54, 1.807) is 16.4 Å². The number of para-hydroxylation sites is 2. The Morgan fingerprint density at radius 1 is 0.882 bits per heavy atom. The van der Waals surface area contributed by atoms with E-state index in [-0.39, 0.29) is 12.6 Å². The number of benzene rings is 3. The fourth-order valence-corrected chi connectivity index (χ4v) is 7.06. The topological polar surface area (TPSA) is 62.5 Å². The van der Waals surface area contributed by atoms with Gasteiger partial charge in [0.15, 0.2) is 0 Å². The van der Waals surface area contributed by atoms with Gasteiger partial charge in [0, 0.05) is 34.4 Å². The van der Waals surface area contributed by atoms with Gasteiger partial charge in [-0.1, -0.05) is 73.4 Å². The third-order valence-electron chi connectivity index (χ3n) is 7.07. The second-order valence-electron chi connectivity index (χ2n) is 9.48. The molecule has 0 aliphatic heterocycles. The van der Waals surface area contributed by atoms with Crippen LogP contribution in [0.2, 0.25) is 0 Å². The van der Waals surface area contributed by atoms with Gasteiger partial charge in [-0.05, 0) is 44.0 Å². The van der Waals surface area contributed by atoms with Gasteiger partial charge >= 0.3 is 0 Å². The van der Waals surface area contributed by atoms with Crippen LogP contribution < -0.4 is 0 Å². The molecule has 0 saturated heterocycles. The third kappa shape index (κ3) is 4.38. The summed E-state index contributed by atoms with van der Waals surface area (Å²) in [5.41, 5.74) is 3.12. The molecule has 1 aliphatic rings. The van der Waals surface area contributed by atoms with Gasteiger partial charge in [0.05, 0.1) is 17.5 Å². The highest BCUT2D eigenvalue weighted by molar-refractivity contribution is 7.89. The lowest BCUT2D eigenvalue weighted by Crippen LogP contribution is -2.46. The van der Waals surface area contributed by atoms with Gasteiger partial charge in [0.2, 0.25) is 10.0 Å². The molecule has 0 unspecified atom stereocenters. The number of fused-ring (bicyclic) bond motifs is 3. The Morgan fingerprint density at radius 2 is 1.44 bits per heavy atom. The first-order valence-corrected chi connectivity index (χ1v) is 13.6. The predicted octanol–water partition coefficient (Wildman–Crippen LogP) is 5.49. The molecule has 6 heteroatoms. The van der Waals surface area contributed by atoms with Crippen LogP contribution in [-0.2, 0) is 16.6 Å². The van der Waals surface area contributed by atoms with Crippen molar-refractivity contribution in [2.24, 2.45) is 0 Å². The Balaban J connectivity index is 1.47. The fourth-order valence-electron chi connectivity index (χ4n) is 5.33. The van der Waals surface area contributed by atoms with Crippen LogP contribution in [0.5, 0.6) is 0 Å². The molecule has 1 N–H and O–H groups in total. The molecule has 1 fully saturated rings. The normalized spacial score (nSPS) is 16.4. The Hall–Kier alpha value is -2.67. The van der Waals surface area contributed by atoms with Gasteiger partial charge in [0.25, 0.3) is 0 Å². The monoisotopic (exact) mass is 476 g/mol. The summed E-state index contributed by atoms with van der Waals surface area (Å²) in [6, 6.07) is 23.3. The Bertz CT molecular complexity index is 1330. The summed E-state index contributed by atoms with van der Waals surface area (Å²) in [4.78, 5) is 0.299. The highest BCUT2D eigenvalue weighted by Gasteiger charge is 2.34. The van der Waals surface area contributed by atoms with Crippen molar-refractivity contribution in [3.8, 4) is 0 Å². The van der Waals surface area contributed by atoms with Crippen LogP contribution in [0.1, 0.15) is 37.7 Å². The van der Waals surface area contributed by atoms with Crippen molar-refractivity contribution in [2.45, 2.75) is 62.6 Å². The molecule has 0 spiro atoms. The molecular weight excluding hydrogens is 444 g/mol. The summed E-state index contributed by atoms with van der Waals surface area (Å²) in [6.07, 6.45) is 4.03. The summed E-state index contributed by atoms with van der Waals surface area (Å²) in [5, 5.41) is 13.5. The molecule has 1 aliphatic carbocycles. The van der Waals surface area contributed by atoms with Crippen molar-refractivity contribution in [1.82, 2.24) is 8.87 Å². The van der Waals surface area contributed by atoms with Crippen LogP contribution in [0, 0.1) is 6.92 Å². The van der Waals surface area contributed by atoms with E-state index in [4.69, 9.17) is 0 Å². The predicted molar refractivity (Wildman–Crippen MR) is 137 cm³/mol. The van der Waals surface area contributed by atoms with Crippen LogP contribution in [0.3, 0.4) is 0 Å². The highest BCUT2D eigenvalue weighted by atomic mass is 32.2. The molecule has 3 aromatic carbocycles. The summed E-state index contributed by atoms with van der Waals surface area (Å²) in [5.74, 6) is 0. The minimum Gasteiger partial charge on any atom is -0.390 e. The number of rotatable bonds is 7. The number of nitrogens with zero attached hydrogens (tertiary/aromatic N) is 2. The van der Waals surface area contributed by atoms with Crippen molar-refractivity contribution in [2.75, 3.05) is 6.54 Å². The van der Waals surface area contributed by atoms with E-state index in [0.29, 0.717) is 11.4 Å². The van der Waals surface area contributed by atoms with E-state index in [0.717, 1.165) is 59.5 Å². The zero-order valence-electron chi connectivity index (χ0n) is 19.6. The second kappa shape index (κ2) is 9.53. The molecular formula is C28H32N2O3S. The highest BCUT2D eigenvalue weighted by Crippen LogP contribution is 2.31. The molecule has 0 radical (unpaired) electrons. The van der Waals surface area contributed by atoms with E-state index in [2.05, 4.69) is 28.8 Å². The quantitative estimate of drug-likeness (QED) is 0.384. The Morgan fingerprint density at radius 3 is 2.03 bits per heavy atom. The molecule has 1 aromatic heterocycles. The van der Waals surface area contributed by atoms with Crippen molar-refractivity contribution >= 4 is 31.8 Å². The lowest BCUT2D eigenvalue weighted by molar-refractivity contribution is 0.109. The second-order valence-corrected chi connectivity index (χ2v) is 11.4. The fraction of sp³-hybridized carbons (Fsp3) is 0.357. The molecule has 5 rings (SSSR count). The number of hydrogen-bond acceptors (Lipinski definition) is 3.